The lowest BCUT2D eigenvalue weighted by Gasteiger charge is -2.03. The predicted octanol–water partition coefficient (Wildman–Crippen LogP) is 0.820. The summed E-state index contributed by atoms with van der Waals surface area (Å²) in [4.78, 5) is 21.8. The van der Waals surface area contributed by atoms with Crippen molar-refractivity contribution in [3.8, 4) is 0 Å². The molecular formula is C10H11NO3. The smallest absolute Gasteiger partial charge is 0.221 e. The minimum atomic E-state index is -0.524. The molecule has 0 fully saturated rings. The molecule has 0 radical (unpaired) electrons. The second-order valence-electron chi connectivity index (χ2n) is 2.84. The van der Waals surface area contributed by atoms with Gasteiger partial charge >= 0.3 is 0 Å². The van der Waals surface area contributed by atoms with Crippen molar-refractivity contribution in [2.75, 3.05) is 11.9 Å². The molecule has 0 aromatic heterocycles. The van der Waals surface area contributed by atoms with E-state index in [0.717, 1.165) is 0 Å². The first-order valence-corrected chi connectivity index (χ1v) is 4.15. The topological polar surface area (TPSA) is 66.4 Å². The van der Waals surface area contributed by atoms with Crippen LogP contribution in [0.2, 0.25) is 0 Å². The molecule has 1 rings (SSSR count). The zero-order chi connectivity index (χ0) is 10.6. The molecule has 4 nitrogen and oxygen atoms in total. The lowest BCUT2D eigenvalue weighted by Crippen LogP contribution is -2.08. The summed E-state index contributed by atoms with van der Waals surface area (Å²) in [6.45, 7) is 0.865. The van der Waals surface area contributed by atoms with E-state index in [9.17, 15) is 9.59 Å². The molecule has 14 heavy (non-hydrogen) atoms. The largest absolute Gasteiger partial charge is 0.388 e. The van der Waals surface area contributed by atoms with Gasteiger partial charge in [-0.25, -0.2) is 0 Å². The van der Waals surface area contributed by atoms with Gasteiger partial charge in [0, 0.05) is 18.2 Å². The van der Waals surface area contributed by atoms with Crippen LogP contribution in [0.15, 0.2) is 24.3 Å². The molecule has 0 aliphatic rings. The Morgan fingerprint density at radius 2 is 2.14 bits per heavy atom. The molecule has 0 saturated carbocycles. The highest BCUT2D eigenvalue weighted by molar-refractivity contribution is 5.98. The molecule has 1 amide bonds. The van der Waals surface area contributed by atoms with Gasteiger partial charge in [-0.1, -0.05) is 12.1 Å². The number of hydrogen-bond acceptors (Lipinski definition) is 3. The molecule has 0 bridgehead atoms. The van der Waals surface area contributed by atoms with Crippen molar-refractivity contribution in [1.29, 1.82) is 0 Å². The Hall–Kier alpha value is -1.68. The van der Waals surface area contributed by atoms with Crippen molar-refractivity contribution in [2.24, 2.45) is 0 Å². The minimum Gasteiger partial charge on any atom is -0.388 e. The summed E-state index contributed by atoms with van der Waals surface area (Å²) in [5.74, 6) is -0.559. The van der Waals surface area contributed by atoms with E-state index >= 15 is 0 Å². The molecule has 4 heteroatoms. The monoisotopic (exact) mass is 193 g/mol. The number of aliphatic hydroxyl groups excluding tert-OH is 1. The number of amides is 1. The summed E-state index contributed by atoms with van der Waals surface area (Å²) < 4.78 is 0. The first kappa shape index (κ1) is 10.4. The van der Waals surface area contributed by atoms with Crippen molar-refractivity contribution >= 4 is 17.4 Å². The Bertz CT molecular complexity index is 360. The van der Waals surface area contributed by atoms with Gasteiger partial charge in [0.05, 0.1) is 0 Å². The third-order valence-electron chi connectivity index (χ3n) is 1.65. The van der Waals surface area contributed by atoms with E-state index in [2.05, 4.69) is 5.32 Å². The molecule has 0 unspecified atom stereocenters. The third-order valence-corrected chi connectivity index (χ3v) is 1.65. The van der Waals surface area contributed by atoms with Gasteiger partial charge in [-0.3, -0.25) is 9.59 Å². The molecule has 74 valence electrons. The Labute approximate surface area is 81.6 Å². The van der Waals surface area contributed by atoms with Crippen LogP contribution in [0.4, 0.5) is 5.69 Å². The second kappa shape index (κ2) is 4.53. The number of carbonyl (C=O) groups is 2. The molecule has 0 aliphatic carbocycles. The van der Waals surface area contributed by atoms with Gasteiger partial charge in [0.2, 0.25) is 5.91 Å². The average Bonchev–Trinajstić information content (AvgIpc) is 2.16. The Morgan fingerprint density at radius 3 is 2.71 bits per heavy atom. The Kier molecular flexibility index (Phi) is 3.36. The van der Waals surface area contributed by atoms with Crippen LogP contribution in [-0.2, 0) is 4.79 Å². The van der Waals surface area contributed by atoms with Gasteiger partial charge in [0.15, 0.2) is 5.78 Å². The Balaban J connectivity index is 2.89. The van der Waals surface area contributed by atoms with Gasteiger partial charge in [0.25, 0.3) is 0 Å². The highest BCUT2D eigenvalue weighted by atomic mass is 16.3. The van der Waals surface area contributed by atoms with Crippen LogP contribution in [0.3, 0.4) is 0 Å². The van der Waals surface area contributed by atoms with E-state index in [1.165, 1.54) is 13.0 Å². The lowest BCUT2D eigenvalue weighted by atomic mass is 10.1. The molecule has 1 aromatic rings. The van der Waals surface area contributed by atoms with Crippen molar-refractivity contribution in [2.45, 2.75) is 6.92 Å². The van der Waals surface area contributed by atoms with Gasteiger partial charge in [-0.2, -0.15) is 0 Å². The summed E-state index contributed by atoms with van der Waals surface area (Å²) >= 11 is 0. The number of hydrogen-bond donors (Lipinski definition) is 2. The van der Waals surface area contributed by atoms with Crippen LogP contribution < -0.4 is 5.32 Å². The molecule has 0 atom stereocenters. The van der Waals surface area contributed by atoms with E-state index in [1.807, 2.05) is 0 Å². The number of nitrogens with one attached hydrogen (secondary N) is 1. The maximum atomic E-state index is 11.1. The summed E-state index contributed by atoms with van der Waals surface area (Å²) in [5, 5.41) is 11.2. The van der Waals surface area contributed by atoms with E-state index in [1.54, 1.807) is 18.2 Å². The van der Waals surface area contributed by atoms with Crippen molar-refractivity contribution in [3.63, 3.8) is 0 Å². The normalized spacial score (nSPS) is 9.57. The predicted molar refractivity (Wildman–Crippen MR) is 52.2 cm³/mol. The van der Waals surface area contributed by atoms with Gasteiger partial charge in [0.1, 0.15) is 6.61 Å². The number of carbonyl (C=O) groups excluding carboxylic acids is 2. The molecule has 0 aliphatic heterocycles. The number of benzene rings is 1. The molecular weight excluding hydrogens is 182 g/mol. The summed E-state index contributed by atoms with van der Waals surface area (Å²) in [6, 6.07) is 6.44. The molecule has 1 aromatic carbocycles. The average molecular weight is 193 g/mol. The fraction of sp³-hybridized carbons (Fsp3) is 0.200. The van der Waals surface area contributed by atoms with Crippen molar-refractivity contribution < 1.29 is 14.7 Å². The van der Waals surface area contributed by atoms with Gasteiger partial charge in [-0.15, -0.1) is 0 Å². The van der Waals surface area contributed by atoms with Crippen molar-refractivity contribution in [1.82, 2.24) is 0 Å². The Morgan fingerprint density at radius 1 is 1.43 bits per heavy atom. The van der Waals surface area contributed by atoms with Crippen LogP contribution >= 0.6 is 0 Å². The quantitative estimate of drug-likeness (QED) is 0.698. The molecule has 0 heterocycles. The minimum absolute atomic E-state index is 0.196. The summed E-state index contributed by atoms with van der Waals surface area (Å²) in [6.07, 6.45) is 0. The van der Waals surface area contributed by atoms with Crippen LogP contribution in [0.5, 0.6) is 0 Å². The summed E-state index contributed by atoms with van der Waals surface area (Å²) in [7, 11) is 0. The van der Waals surface area contributed by atoms with Crippen LogP contribution in [0.1, 0.15) is 17.3 Å². The van der Waals surface area contributed by atoms with E-state index in [4.69, 9.17) is 5.11 Å². The van der Waals surface area contributed by atoms with Gasteiger partial charge < -0.3 is 10.4 Å². The number of anilines is 1. The van der Waals surface area contributed by atoms with E-state index < -0.39 is 6.61 Å². The number of Topliss-reactive ketones (excluding diaryl/α,β-unsaturated/α-hetero) is 1. The van der Waals surface area contributed by atoms with Crippen molar-refractivity contribution in [3.05, 3.63) is 29.8 Å². The third kappa shape index (κ3) is 2.67. The summed E-state index contributed by atoms with van der Waals surface area (Å²) in [5.41, 5.74) is 0.940. The fourth-order valence-electron chi connectivity index (χ4n) is 1.06. The fourth-order valence-corrected chi connectivity index (χ4v) is 1.06. The zero-order valence-corrected chi connectivity index (χ0v) is 7.78. The maximum absolute atomic E-state index is 11.1. The standard InChI is InChI=1S/C10H11NO3/c1-7(13)11-9-4-2-3-8(5-9)10(14)6-12/h2-5,12H,6H2,1H3,(H,11,13). The highest BCUT2D eigenvalue weighted by Crippen LogP contribution is 2.10. The number of aliphatic hydroxyl groups is 1. The lowest BCUT2D eigenvalue weighted by molar-refractivity contribution is -0.114. The van der Waals surface area contributed by atoms with E-state index in [-0.39, 0.29) is 11.7 Å². The maximum Gasteiger partial charge on any atom is 0.221 e. The zero-order valence-electron chi connectivity index (χ0n) is 7.78. The number of rotatable bonds is 3. The second-order valence-corrected chi connectivity index (χ2v) is 2.84. The first-order valence-electron chi connectivity index (χ1n) is 4.15. The highest BCUT2D eigenvalue weighted by Gasteiger charge is 2.04. The molecule has 2 N–H and O–H groups in total. The van der Waals surface area contributed by atoms with Crippen LogP contribution in [-0.4, -0.2) is 23.4 Å². The molecule has 0 spiro atoms. The SMILES string of the molecule is CC(=O)Nc1cccc(C(=O)CO)c1. The number of ketones is 1. The van der Waals surface area contributed by atoms with Crippen LogP contribution in [0, 0.1) is 0 Å². The van der Waals surface area contributed by atoms with E-state index in [0.29, 0.717) is 11.3 Å². The van der Waals surface area contributed by atoms with Crippen LogP contribution in [0.25, 0.3) is 0 Å². The van der Waals surface area contributed by atoms with Gasteiger partial charge in [-0.05, 0) is 12.1 Å². The molecule has 0 saturated heterocycles. The first-order chi connectivity index (χ1) is 6.63.